The van der Waals surface area contributed by atoms with Crippen LogP contribution in [0.5, 0.6) is 0 Å². The van der Waals surface area contributed by atoms with Gasteiger partial charge in [-0.25, -0.2) is 4.98 Å². The number of thiazole rings is 1. The first-order valence-corrected chi connectivity index (χ1v) is 12.2. The van der Waals surface area contributed by atoms with E-state index in [2.05, 4.69) is 26.5 Å². The van der Waals surface area contributed by atoms with Crippen molar-refractivity contribution in [3.05, 3.63) is 46.2 Å². The van der Waals surface area contributed by atoms with E-state index in [4.69, 9.17) is 11.6 Å². The Kier molecular flexibility index (Phi) is 4.58. The van der Waals surface area contributed by atoms with Crippen LogP contribution in [0.3, 0.4) is 0 Å². The van der Waals surface area contributed by atoms with E-state index in [1.807, 2.05) is 12.1 Å². The lowest BCUT2D eigenvalue weighted by Crippen LogP contribution is -2.30. The molecule has 4 heterocycles. The van der Waals surface area contributed by atoms with E-state index in [0.29, 0.717) is 10.6 Å². The molecule has 29 heavy (non-hydrogen) atoms. The first-order chi connectivity index (χ1) is 14.0. The fourth-order valence-electron chi connectivity index (χ4n) is 4.05. The molecule has 0 unspecified atom stereocenters. The minimum atomic E-state index is -3.88. The number of nitrogens with one attached hydrogen (secondary N) is 2. The van der Waals surface area contributed by atoms with Gasteiger partial charge in [-0.2, -0.15) is 8.42 Å². The molecule has 3 aromatic heterocycles. The van der Waals surface area contributed by atoms with Gasteiger partial charge in [0, 0.05) is 47.0 Å². The van der Waals surface area contributed by atoms with E-state index in [0.717, 1.165) is 43.4 Å². The minimum absolute atomic E-state index is 0.0273. The van der Waals surface area contributed by atoms with Crippen molar-refractivity contribution in [1.29, 1.82) is 0 Å². The van der Waals surface area contributed by atoms with Crippen molar-refractivity contribution in [3.8, 4) is 0 Å². The Hall–Kier alpha value is -2.07. The van der Waals surface area contributed by atoms with Crippen molar-refractivity contribution in [2.24, 2.45) is 0 Å². The predicted molar refractivity (Wildman–Crippen MR) is 116 cm³/mol. The minimum Gasteiger partial charge on any atom is -0.357 e. The molecule has 0 bridgehead atoms. The van der Waals surface area contributed by atoms with Crippen LogP contribution in [0.4, 0.5) is 5.69 Å². The van der Waals surface area contributed by atoms with Gasteiger partial charge in [-0.3, -0.25) is 14.0 Å². The molecule has 1 aliphatic heterocycles. The van der Waals surface area contributed by atoms with Gasteiger partial charge in [-0.05, 0) is 43.1 Å². The molecule has 1 aromatic carbocycles. The van der Waals surface area contributed by atoms with Crippen LogP contribution in [0.15, 0.2) is 34.8 Å². The fraction of sp³-hybridized carbons (Fsp3) is 0.316. The lowest BCUT2D eigenvalue weighted by molar-refractivity contribution is 0.252. The number of anilines is 1. The van der Waals surface area contributed by atoms with Crippen molar-refractivity contribution in [2.45, 2.75) is 31.3 Å². The van der Waals surface area contributed by atoms with Crippen LogP contribution in [0, 0.1) is 0 Å². The summed E-state index contributed by atoms with van der Waals surface area (Å²) in [6, 6.07) is 5.59. The molecular weight excluding hydrogens is 430 g/mol. The third-order valence-corrected chi connectivity index (χ3v) is 7.82. The standard InChI is InChI=1S/C19H20ClN5O2S2/c1-2-6-24-7-5-13-14-10-12(3-4-15(14)21-16(13)11-24)23-29(26,27)18-17(20)22-19-25(18)8-9-28-19/h3-4,8-10,21,23H,2,5-7,11H2,1H3. The molecule has 0 aliphatic carbocycles. The maximum atomic E-state index is 13.0. The second kappa shape index (κ2) is 7.02. The summed E-state index contributed by atoms with van der Waals surface area (Å²) >= 11 is 7.45. The summed E-state index contributed by atoms with van der Waals surface area (Å²) < 4.78 is 30.2. The average molecular weight is 450 g/mol. The summed E-state index contributed by atoms with van der Waals surface area (Å²) in [7, 11) is -3.88. The lowest BCUT2D eigenvalue weighted by atomic mass is 10.0. The highest BCUT2D eigenvalue weighted by molar-refractivity contribution is 7.92. The number of halogens is 1. The highest BCUT2D eigenvalue weighted by atomic mass is 35.5. The summed E-state index contributed by atoms with van der Waals surface area (Å²) in [6.45, 7) is 5.20. The molecule has 10 heteroatoms. The third kappa shape index (κ3) is 3.22. The summed E-state index contributed by atoms with van der Waals surface area (Å²) in [5.74, 6) is 0. The number of nitrogens with zero attached hydrogens (tertiary/aromatic N) is 3. The average Bonchev–Trinajstić information content (AvgIpc) is 3.33. The van der Waals surface area contributed by atoms with E-state index in [-0.39, 0.29) is 10.2 Å². The number of H-pyrrole nitrogens is 1. The van der Waals surface area contributed by atoms with E-state index in [1.54, 1.807) is 17.6 Å². The topological polar surface area (TPSA) is 82.5 Å². The van der Waals surface area contributed by atoms with Crippen LogP contribution >= 0.6 is 22.9 Å². The highest BCUT2D eigenvalue weighted by Gasteiger charge is 2.26. The molecular formula is C19H20ClN5O2S2. The van der Waals surface area contributed by atoms with Crippen LogP contribution in [-0.4, -0.2) is 40.8 Å². The van der Waals surface area contributed by atoms with E-state index < -0.39 is 10.0 Å². The zero-order chi connectivity index (χ0) is 20.2. The molecule has 5 rings (SSSR count). The largest absolute Gasteiger partial charge is 0.357 e. The predicted octanol–water partition coefficient (Wildman–Crippen LogP) is 4.10. The fourth-order valence-corrected chi connectivity index (χ4v) is 6.55. The Bertz CT molecular complexity index is 1320. The van der Waals surface area contributed by atoms with Gasteiger partial charge in [0.05, 0.1) is 0 Å². The van der Waals surface area contributed by atoms with Crippen molar-refractivity contribution in [3.63, 3.8) is 0 Å². The maximum absolute atomic E-state index is 13.0. The SMILES string of the molecule is CCCN1CCc2c([nH]c3ccc(NS(=O)(=O)c4c(Cl)nc5sccn45)cc23)C1. The summed E-state index contributed by atoms with van der Waals surface area (Å²) in [6.07, 6.45) is 3.74. The highest BCUT2D eigenvalue weighted by Crippen LogP contribution is 2.32. The number of aromatic amines is 1. The van der Waals surface area contributed by atoms with Gasteiger partial charge >= 0.3 is 0 Å². The van der Waals surface area contributed by atoms with Crippen LogP contribution in [-0.2, 0) is 23.0 Å². The van der Waals surface area contributed by atoms with E-state index >= 15 is 0 Å². The molecule has 1 aliphatic rings. The van der Waals surface area contributed by atoms with Crippen LogP contribution < -0.4 is 4.72 Å². The zero-order valence-electron chi connectivity index (χ0n) is 15.8. The third-order valence-electron chi connectivity index (χ3n) is 5.28. The first-order valence-electron chi connectivity index (χ1n) is 9.46. The number of benzene rings is 1. The second-order valence-corrected chi connectivity index (χ2v) is 10.1. The van der Waals surface area contributed by atoms with Crippen LogP contribution in [0.1, 0.15) is 24.6 Å². The summed E-state index contributed by atoms with van der Waals surface area (Å²) in [5, 5.41) is 2.77. The number of hydrogen-bond donors (Lipinski definition) is 2. The molecule has 0 radical (unpaired) electrons. The van der Waals surface area contributed by atoms with Gasteiger partial charge in [0.2, 0.25) is 0 Å². The van der Waals surface area contributed by atoms with Gasteiger partial charge < -0.3 is 4.98 Å². The molecule has 7 nitrogen and oxygen atoms in total. The quantitative estimate of drug-likeness (QED) is 0.480. The number of fused-ring (bicyclic) bond motifs is 4. The molecule has 2 N–H and O–H groups in total. The Morgan fingerprint density at radius 1 is 1.38 bits per heavy atom. The molecule has 0 saturated carbocycles. The Morgan fingerprint density at radius 2 is 2.24 bits per heavy atom. The molecule has 0 atom stereocenters. The molecule has 0 spiro atoms. The number of rotatable bonds is 5. The lowest BCUT2D eigenvalue weighted by Gasteiger charge is -2.26. The van der Waals surface area contributed by atoms with Gasteiger partial charge in [0.1, 0.15) is 0 Å². The second-order valence-electron chi connectivity index (χ2n) is 7.24. The van der Waals surface area contributed by atoms with Gasteiger partial charge in [-0.15, -0.1) is 11.3 Å². The van der Waals surface area contributed by atoms with Gasteiger partial charge in [-0.1, -0.05) is 18.5 Å². The van der Waals surface area contributed by atoms with E-state index in [9.17, 15) is 8.42 Å². The van der Waals surface area contributed by atoms with Crippen LogP contribution in [0.2, 0.25) is 5.15 Å². The molecule has 0 fully saturated rings. The zero-order valence-corrected chi connectivity index (χ0v) is 18.2. The number of sulfonamides is 1. The number of aromatic nitrogens is 3. The summed E-state index contributed by atoms with van der Waals surface area (Å²) in [4.78, 5) is 10.6. The van der Waals surface area contributed by atoms with Gasteiger partial charge in [0.25, 0.3) is 10.0 Å². The van der Waals surface area contributed by atoms with Crippen molar-refractivity contribution < 1.29 is 8.42 Å². The molecule has 4 aromatic rings. The molecule has 0 amide bonds. The monoisotopic (exact) mass is 449 g/mol. The summed E-state index contributed by atoms with van der Waals surface area (Å²) in [5.41, 5.74) is 4.03. The van der Waals surface area contributed by atoms with Crippen molar-refractivity contribution in [2.75, 3.05) is 17.8 Å². The molecule has 152 valence electrons. The normalized spacial score (nSPS) is 15.2. The van der Waals surface area contributed by atoms with E-state index in [1.165, 1.54) is 27.0 Å². The Balaban J connectivity index is 1.50. The van der Waals surface area contributed by atoms with Gasteiger partial charge in [0.15, 0.2) is 15.1 Å². The molecule has 0 saturated heterocycles. The smallest absolute Gasteiger partial charge is 0.281 e. The Morgan fingerprint density at radius 3 is 3.07 bits per heavy atom. The van der Waals surface area contributed by atoms with Crippen LogP contribution in [0.25, 0.3) is 15.9 Å². The number of hydrogen-bond acceptors (Lipinski definition) is 5. The van der Waals surface area contributed by atoms with Crippen molar-refractivity contribution in [1.82, 2.24) is 19.3 Å². The number of imidazole rings is 1. The maximum Gasteiger partial charge on any atom is 0.281 e. The Labute approximate surface area is 177 Å². The van der Waals surface area contributed by atoms with Crippen molar-refractivity contribution >= 4 is 54.5 Å². The first kappa shape index (κ1) is 18.9.